The molecular formula is C20H15ClF4N4O6. The van der Waals surface area contributed by atoms with Gasteiger partial charge in [0.25, 0.3) is 11.4 Å². The first-order valence-electron chi connectivity index (χ1n) is 9.47. The van der Waals surface area contributed by atoms with Gasteiger partial charge in [0.1, 0.15) is 17.8 Å². The third-order valence-corrected chi connectivity index (χ3v) is 4.84. The van der Waals surface area contributed by atoms with Gasteiger partial charge in [-0.2, -0.15) is 18.2 Å². The van der Waals surface area contributed by atoms with Gasteiger partial charge in [0.2, 0.25) is 5.75 Å². The Morgan fingerprint density at radius 3 is 2.49 bits per heavy atom. The fourth-order valence-corrected chi connectivity index (χ4v) is 3.05. The van der Waals surface area contributed by atoms with Crippen LogP contribution in [0.15, 0.2) is 40.3 Å². The van der Waals surface area contributed by atoms with Gasteiger partial charge in [-0.3, -0.25) is 9.36 Å². The number of alkyl halides is 3. The molecule has 0 N–H and O–H groups in total. The number of nitrogens with zero attached hydrogens (tertiary/aromatic N) is 4. The van der Waals surface area contributed by atoms with Crippen molar-refractivity contribution in [2.24, 2.45) is 7.05 Å². The summed E-state index contributed by atoms with van der Waals surface area (Å²) >= 11 is 6.02. The predicted molar refractivity (Wildman–Crippen MR) is 111 cm³/mol. The lowest BCUT2D eigenvalue weighted by Gasteiger charge is -2.17. The highest BCUT2D eigenvalue weighted by atomic mass is 35.5. The number of aromatic nitrogens is 4. The average molecular weight is 519 g/mol. The molecule has 35 heavy (non-hydrogen) atoms. The summed E-state index contributed by atoms with van der Waals surface area (Å²) in [5.74, 6) is -2.69. The number of carbonyl (C=O) groups is 1. The van der Waals surface area contributed by atoms with E-state index in [4.69, 9.17) is 21.1 Å². The first kappa shape index (κ1) is 25.7. The van der Waals surface area contributed by atoms with Crippen LogP contribution in [0, 0.1) is 5.82 Å². The molecule has 0 bridgehead atoms. The molecule has 0 saturated heterocycles. The zero-order valence-corrected chi connectivity index (χ0v) is 18.8. The number of rotatable bonds is 6. The van der Waals surface area contributed by atoms with E-state index >= 15 is 0 Å². The molecule has 0 aliphatic heterocycles. The van der Waals surface area contributed by atoms with Crippen molar-refractivity contribution in [3.63, 3.8) is 0 Å². The van der Waals surface area contributed by atoms with Crippen LogP contribution in [-0.2, 0) is 22.8 Å². The fraction of sp³-hybridized carbons (Fsp3) is 0.250. The van der Waals surface area contributed by atoms with E-state index < -0.39 is 46.7 Å². The minimum Gasteiger partial charge on any atom is -0.472 e. The van der Waals surface area contributed by atoms with Gasteiger partial charge in [-0.25, -0.2) is 23.5 Å². The largest absolute Gasteiger partial charge is 0.472 e. The molecule has 1 aromatic carbocycles. The monoisotopic (exact) mass is 518 g/mol. The number of halogens is 5. The van der Waals surface area contributed by atoms with E-state index in [-0.39, 0.29) is 37.6 Å². The van der Waals surface area contributed by atoms with Gasteiger partial charge in [0, 0.05) is 19.2 Å². The topological polar surface area (TPSA) is 115 Å². The summed E-state index contributed by atoms with van der Waals surface area (Å²) in [4.78, 5) is 44.1. The lowest BCUT2D eigenvalue weighted by Crippen LogP contribution is -2.41. The minimum atomic E-state index is -5.00. The molecule has 0 saturated carbocycles. The van der Waals surface area contributed by atoms with Gasteiger partial charge in [-0.1, -0.05) is 11.6 Å². The van der Waals surface area contributed by atoms with Crippen molar-refractivity contribution in [3.8, 4) is 23.1 Å². The molecule has 10 nitrogen and oxygen atoms in total. The van der Waals surface area contributed by atoms with Crippen molar-refractivity contribution in [2.75, 3.05) is 7.11 Å². The number of ether oxygens (including phenoxy) is 3. The molecule has 15 heteroatoms. The second-order valence-corrected chi connectivity index (χ2v) is 7.26. The van der Waals surface area contributed by atoms with Gasteiger partial charge in [0.15, 0.2) is 11.9 Å². The number of methoxy groups -OCH3 is 1. The number of hydrogen-bond donors (Lipinski definition) is 0. The van der Waals surface area contributed by atoms with Crippen LogP contribution in [0.2, 0.25) is 5.02 Å². The smallest absolute Gasteiger partial charge is 0.431 e. The number of hydrogen-bond acceptors (Lipinski definition) is 8. The highest BCUT2D eigenvalue weighted by molar-refractivity contribution is 6.32. The van der Waals surface area contributed by atoms with E-state index in [2.05, 4.69) is 14.7 Å². The van der Waals surface area contributed by atoms with E-state index in [0.717, 1.165) is 32.7 Å². The van der Waals surface area contributed by atoms with Crippen LogP contribution in [0.4, 0.5) is 17.6 Å². The molecule has 1 unspecified atom stereocenters. The van der Waals surface area contributed by atoms with E-state index in [1.807, 2.05) is 0 Å². The molecule has 0 spiro atoms. The van der Waals surface area contributed by atoms with Gasteiger partial charge in [-0.15, -0.1) is 0 Å². The second kappa shape index (κ2) is 9.74. The van der Waals surface area contributed by atoms with Crippen molar-refractivity contribution in [3.05, 3.63) is 68.1 Å². The Labute approximate surface area is 198 Å². The molecule has 0 aliphatic rings. The molecule has 3 rings (SSSR count). The number of benzene rings is 1. The molecule has 3 aromatic rings. The van der Waals surface area contributed by atoms with Crippen molar-refractivity contribution in [2.45, 2.75) is 19.2 Å². The van der Waals surface area contributed by atoms with Gasteiger partial charge in [0.05, 0.1) is 24.0 Å². The third-order valence-electron chi connectivity index (χ3n) is 4.54. The van der Waals surface area contributed by atoms with Gasteiger partial charge in [-0.05, 0) is 13.0 Å². The molecule has 0 aliphatic carbocycles. The summed E-state index contributed by atoms with van der Waals surface area (Å²) < 4.78 is 69.8. The Kier molecular flexibility index (Phi) is 7.14. The third kappa shape index (κ3) is 5.26. The first-order chi connectivity index (χ1) is 16.3. The lowest BCUT2D eigenvalue weighted by atomic mass is 10.2. The summed E-state index contributed by atoms with van der Waals surface area (Å²) in [5, 5.41) is -0.339. The highest BCUT2D eigenvalue weighted by Crippen LogP contribution is 2.35. The molecule has 1 atom stereocenters. The Balaban J connectivity index is 2.09. The van der Waals surface area contributed by atoms with Crippen molar-refractivity contribution < 1.29 is 36.6 Å². The van der Waals surface area contributed by atoms with E-state index in [1.54, 1.807) is 0 Å². The molecule has 2 aromatic heterocycles. The van der Waals surface area contributed by atoms with Crippen molar-refractivity contribution in [1.82, 2.24) is 19.1 Å². The zero-order chi connectivity index (χ0) is 26.1. The molecule has 0 amide bonds. The second-order valence-electron chi connectivity index (χ2n) is 6.85. The Morgan fingerprint density at radius 2 is 1.86 bits per heavy atom. The molecular weight excluding hydrogens is 504 g/mol. The van der Waals surface area contributed by atoms with E-state index in [1.165, 1.54) is 6.92 Å². The maximum absolute atomic E-state index is 14.7. The van der Waals surface area contributed by atoms with Gasteiger partial charge < -0.3 is 14.2 Å². The van der Waals surface area contributed by atoms with E-state index in [9.17, 15) is 31.9 Å². The summed E-state index contributed by atoms with van der Waals surface area (Å²) in [6.07, 6.45) is -3.89. The van der Waals surface area contributed by atoms with Crippen LogP contribution < -0.4 is 20.7 Å². The summed E-state index contributed by atoms with van der Waals surface area (Å²) in [5.41, 5.74) is -5.15. The quantitative estimate of drug-likeness (QED) is 0.361. The number of carbonyl (C=O) groups excluding carboxylic acids is 1. The van der Waals surface area contributed by atoms with Gasteiger partial charge >= 0.3 is 17.8 Å². The van der Waals surface area contributed by atoms with E-state index in [0.29, 0.717) is 6.07 Å². The van der Waals surface area contributed by atoms with Crippen molar-refractivity contribution in [1.29, 1.82) is 0 Å². The van der Waals surface area contributed by atoms with Crippen LogP contribution in [0.25, 0.3) is 5.69 Å². The number of esters is 1. The maximum atomic E-state index is 14.7. The van der Waals surface area contributed by atoms with Crippen molar-refractivity contribution >= 4 is 17.6 Å². The first-order valence-corrected chi connectivity index (χ1v) is 9.85. The molecule has 0 fully saturated rings. The zero-order valence-electron chi connectivity index (χ0n) is 18.1. The minimum absolute atomic E-state index is 0.144. The Hall–Kier alpha value is -3.94. The molecule has 0 radical (unpaired) electrons. The summed E-state index contributed by atoms with van der Waals surface area (Å²) in [6.45, 7) is 1.37. The van der Waals surface area contributed by atoms with Crippen LogP contribution in [0.1, 0.15) is 12.6 Å². The summed E-state index contributed by atoms with van der Waals surface area (Å²) in [7, 11) is 1.92. The standard InChI is InChI=1S/C20H15ClF4N4O6/c1-9(18(31)33-3)34-14-7-26-8-27-17(14)35-13-5-12(11(22)4-10(13)21)29-16(30)6-15(20(23,24)25)28(2)19(29)32/h4-9H,1-3H3. The highest BCUT2D eigenvalue weighted by Gasteiger charge is 2.35. The average Bonchev–Trinajstić information content (AvgIpc) is 2.78. The van der Waals surface area contributed by atoms with Crippen LogP contribution in [-0.4, -0.2) is 38.3 Å². The normalized spacial score (nSPS) is 12.2. The lowest BCUT2D eigenvalue weighted by molar-refractivity contribution is -0.148. The van der Waals surface area contributed by atoms with Crippen LogP contribution in [0.3, 0.4) is 0 Å². The Bertz CT molecular complexity index is 1410. The molecule has 2 heterocycles. The Morgan fingerprint density at radius 1 is 1.17 bits per heavy atom. The molecule has 186 valence electrons. The summed E-state index contributed by atoms with van der Waals surface area (Å²) in [6, 6.07) is 1.67. The fourth-order valence-electron chi connectivity index (χ4n) is 2.86. The predicted octanol–water partition coefficient (Wildman–Crippen LogP) is 2.87. The van der Waals surface area contributed by atoms with Crippen LogP contribution >= 0.6 is 11.6 Å². The SMILES string of the molecule is COC(=O)C(C)Oc1cncnc1Oc1cc(-n2c(=O)cc(C(F)(F)F)n(C)c2=O)c(F)cc1Cl. The van der Waals surface area contributed by atoms with Crippen LogP contribution in [0.5, 0.6) is 17.4 Å². The maximum Gasteiger partial charge on any atom is 0.431 e.